The average molecular weight is 303 g/mol. The molecule has 23 heavy (non-hydrogen) atoms. The van der Waals surface area contributed by atoms with E-state index in [1.807, 2.05) is 48.5 Å². The summed E-state index contributed by atoms with van der Waals surface area (Å²) >= 11 is 0. The molecule has 0 unspecified atom stereocenters. The Morgan fingerprint density at radius 2 is 1.87 bits per heavy atom. The van der Waals surface area contributed by atoms with Gasteiger partial charge in [-0.1, -0.05) is 42.3 Å². The second-order valence-corrected chi connectivity index (χ2v) is 4.73. The van der Waals surface area contributed by atoms with Crippen LogP contribution in [0, 0.1) is 12.3 Å². The van der Waals surface area contributed by atoms with Crippen LogP contribution in [0.1, 0.15) is 11.1 Å². The summed E-state index contributed by atoms with van der Waals surface area (Å²) < 4.78 is 10.7. The zero-order chi connectivity index (χ0) is 16.1. The highest BCUT2D eigenvalue weighted by atomic mass is 16.6. The number of carbonyl (C=O) groups excluding carboxylic acids is 1. The van der Waals surface area contributed by atoms with E-state index in [4.69, 9.17) is 15.9 Å². The summed E-state index contributed by atoms with van der Waals surface area (Å²) in [6, 6.07) is 16.5. The van der Waals surface area contributed by atoms with Crippen molar-refractivity contribution in [3.8, 4) is 18.1 Å². The molecule has 3 rings (SSSR count). The lowest BCUT2D eigenvalue weighted by Crippen LogP contribution is -2.05. The van der Waals surface area contributed by atoms with E-state index in [2.05, 4.69) is 10.9 Å². The molecule has 0 N–H and O–H groups in total. The van der Waals surface area contributed by atoms with E-state index in [1.165, 1.54) is 0 Å². The van der Waals surface area contributed by atoms with Gasteiger partial charge in [-0.05, 0) is 24.3 Å². The number of esters is 1. The monoisotopic (exact) mass is 303 g/mol. The minimum atomic E-state index is -0.490. The topological polar surface area (TPSA) is 47.9 Å². The second kappa shape index (κ2) is 6.63. The van der Waals surface area contributed by atoms with Gasteiger partial charge in [-0.25, -0.2) is 9.79 Å². The van der Waals surface area contributed by atoms with Crippen LogP contribution >= 0.6 is 0 Å². The van der Waals surface area contributed by atoms with E-state index < -0.39 is 5.97 Å². The fraction of sp³-hybridized carbons (Fsp3) is 0.0526. The number of aliphatic imine (C=N–C) groups is 1. The summed E-state index contributed by atoms with van der Waals surface area (Å²) in [6.45, 7) is 0.156. The number of hydrogen-bond donors (Lipinski definition) is 0. The van der Waals surface area contributed by atoms with E-state index in [9.17, 15) is 4.79 Å². The quantitative estimate of drug-likeness (QED) is 0.495. The number of cyclic esters (lactones) is 1. The number of benzene rings is 2. The van der Waals surface area contributed by atoms with E-state index in [1.54, 1.807) is 12.1 Å². The minimum absolute atomic E-state index is 0.156. The Morgan fingerprint density at radius 3 is 2.65 bits per heavy atom. The van der Waals surface area contributed by atoms with Crippen molar-refractivity contribution >= 4 is 17.9 Å². The van der Waals surface area contributed by atoms with E-state index >= 15 is 0 Å². The van der Waals surface area contributed by atoms with Gasteiger partial charge in [0, 0.05) is 11.1 Å². The van der Waals surface area contributed by atoms with Crippen LogP contribution in [0.25, 0.3) is 6.08 Å². The number of hydrogen-bond acceptors (Lipinski definition) is 4. The number of carbonyl (C=O) groups is 1. The smallest absolute Gasteiger partial charge is 0.363 e. The molecular formula is C19H13NO3. The molecular weight excluding hydrogens is 290 g/mol. The van der Waals surface area contributed by atoms with Gasteiger partial charge in [-0.2, -0.15) is 0 Å². The van der Waals surface area contributed by atoms with Gasteiger partial charge >= 0.3 is 5.97 Å². The van der Waals surface area contributed by atoms with Gasteiger partial charge in [0.2, 0.25) is 5.90 Å². The van der Waals surface area contributed by atoms with Crippen molar-refractivity contribution < 1.29 is 14.3 Å². The molecule has 0 fully saturated rings. The predicted molar refractivity (Wildman–Crippen MR) is 87.8 cm³/mol. The van der Waals surface area contributed by atoms with Crippen LogP contribution in [-0.2, 0) is 9.53 Å². The summed E-state index contributed by atoms with van der Waals surface area (Å²) in [7, 11) is 0. The Hall–Kier alpha value is -3.32. The van der Waals surface area contributed by atoms with Crippen LogP contribution in [0.15, 0.2) is 65.3 Å². The molecule has 2 aromatic carbocycles. The van der Waals surface area contributed by atoms with E-state index in [0.29, 0.717) is 17.2 Å². The molecule has 2 aromatic rings. The van der Waals surface area contributed by atoms with Gasteiger partial charge < -0.3 is 9.47 Å². The summed E-state index contributed by atoms with van der Waals surface area (Å²) in [5, 5.41) is 0. The van der Waals surface area contributed by atoms with Crippen LogP contribution in [0.4, 0.5) is 0 Å². The normalized spacial score (nSPS) is 15.0. The van der Waals surface area contributed by atoms with Crippen molar-refractivity contribution in [3.63, 3.8) is 0 Å². The maximum absolute atomic E-state index is 12.0. The number of rotatable bonds is 4. The first-order valence-corrected chi connectivity index (χ1v) is 7.01. The highest BCUT2D eigenvalue weighted by Crippen LogP contribution is 2.24. The van der Waals surface area contributed by atoms with Crippen molar-refractivity contribution in [1.29, 1.82) is 0 Å². The van der Waals surface area contributed by atoms with Crippen molar-refractivity contribution in [1.82, 2.24) is 0 Å². The second-order valence-electron chi connectivity index (χ2n) is 4.73. The first-order valence-electron chi connectivity index (χ1n) is 7.01. The Morgan fingerprint density at radius 1 is 1.13 bits per heavy atom. The van der Waals surface area contributed by atoms with Gasteiger partial charge in [-0.15, -0.1) is 6.42 Å². The summed E-state index contributed by atoms with van der Waals surface area (Å²) in [5.74, 6) is 2.81. The number of ether oxygens (including phenoxy) is 2. The molecule has 1 heterocycles. The Balaban J connectivity index is 1.93. The largest absolute Gasteiger partial charge is 0.480 e. The molecule has 0 aromatic heterocycles. The number of para-hydroxylation sites is 1. The predicted octanol–water partition coefficient (Wildman–Crippen LogP) is 3.04. The lowest BCUT2D eigenvalue weighted by molar-refractivity contribution is -0.129. The van der Waals surface area contributed by atoms with Crippen molar-refractivity contribution in [2.24, 2.45) is 4.99 Å². The average Bonchev–Trinajstić information content (AvgIpc) is 2.96. The van der Waals surface area contributed by atoms with E-state index in [0.717, 1.165) is 5.56 Å². The molecule has 0 amide bonds. The van der Waals surface area contributed by atoms with Gasteiger partial charge in [-0.3, -0.25) is 0 Å². The van der Waals surface area contributed by atoms with Crippen molar-refractivity contribution in [3.05, 3.63) is 71.4 Å². The third kappa shape index (κ3) is 3.30. The summed E-state index contributed by atoms with van der Waals surface area (Å²) in [5.41, 5.74) is 1.69. The maximum Gasteiger partial charge on any atom is 0.363 e. The highest BCUT2D eigenvalue weighted by Gasteiger charge is 2.24. The van der Waals surface area contributed by atoms with Crippen LogP contribution in [-0.4, -0.2) is 18.5 Å². The zero-order valence-electron chi connectivity index (χ0n) is 12.2. The summed E-state index contributed by atoms with van der Waals surface area (Å²) in [4.78, 5) is 16.3. The Bertz CT molecular complexity index is 829. The molecule has 0 saturated heterocycles. The first-order chi connectivity index (χ1) is 11.3. The van der Waals surface area contributed by atoms with Crippen LogP contribution < -0.4 is 4.74 Å². The van der Waals surface area contributed by atoms with E-state index in [-0.39, 0.29) is 12.3 Å². The Kier molecular flexibility index (Phi) is 4.21. The third-order valence-corrected chi connectivity index (χ3v) is 3.16. The number of nitrogens with zero attached hydrogens (tertiary/aromatic N) is 1. The van der Waals surface area contributed by atoms with Crippen LogP contribution in [0.3, 0.4) is 0 Å². The molecule has 0 atom stereocenters. The summed E-state index contributed by atoms with van der Waals surface area (Å²) in [6.07, 6.45) is 6.84. The molecule has 1 aliphatic rings. The lowest BCUT2D eigenvalue weighted by Gasteiger charge is -2.05. The molecule has 0 bridgehead atoms. The molecule has 4 heteroatoms. The Labute approximate surface area is 134 Å². The van der Waals surface area contributed by atoms with Crippen molar-refractivity contribution in [2.45, 2.75) is 0 Å². The van der Waals surface area contributed by atoms with Gasteiger partial charge in [0.15, 0.2) is 5.70 Å². The fourth-order valence-corrected chi connectivity index (χ4v) is 2.11. The lowest BCUT2D eigenvalue weighted by atomic mass is 10.1. The first kappa shape index (κ1) is 14.6. The fourth-order valence-electron chi connectivity index (χ4n) is 2.11. The van der Waals surface area contributed by atoms with Gasteiger partial charge in [0.05, 0.1) is 0 Å². The minimum Gasteiger partial charge on any atom is -0.480 e. The molecule has 112 valence electrons. The molecule has 1 aliphatic heterocycles. The maximum atomic E-state index is 12.0. The third-order valence-electron chi connectivity index (χ3n) is 3.16. The van der Waals surface area contributed by atoms with Crippen LogP contribution in [0.5, 0.6) is 5.75 Å². The standard InChI is InChI=1S/C19H13NO3/c1-2-12-22-17-11-7-6-10-15(17)13-16-19(21)23-18(20-16)14-8-4-3-5-9-14/h1,3-11,13H,12H2/b16-13+. The van der Waals surface area contributed by atoms with Crippen molar-refractivity contribution in [2.75, 3.05) is 6.61 Å². The molecule has 0 saturated carbocycles. The van der Waals surface area contributed by atoms with Crippen LogP contribution in [0.2, 0.25) is 0 Å². The molecule has 4 nitrogen and oxygen atoms in total. The molecule has 0 radical (unpaired) electrons. The molecule has 0 spiro atoms. The van der Waals surface area contributed by atoms with Gasteiger partial charge in [0.1, 0.15) is 12.4 Å². The van der Waals surface area contributed by atoms with Gasteiger partial charge in [0.25, 0.3) is 0 Å². The number of terminal acetylenes is 1. The SMILES string of the molecule is C#CCOc1ccccc1/C=C1/N=C(c2ccccc2)OC1=O. The zero-order valence-corrected chi connectivity index (χ0v) is 12.2. The molecule has 0 aliphatic carbocycles. The highest BCUT2D eigenvalue weighted by molar-refractivity contribution is 6.12.